The third-order valence-electron chi connectivity index (χ3n) is 4.18. The highest BCUT2D eigenvalue weighted by molar-refractivity contribution is 5.87. The van der Waals surface area contributed by atoms with Gasteiger partial charge < -0.3 is 9.84 Å². The molecule has 0 unspecified atom stereocenters. The van der Waals surface area contributed by atoms with E-state index < -0.39 is 5.97 Å². The molecule has 2 aromatic heterocycles. The zero-order valence-electron chi connectivity index (χ0n) is 14.9. The fourth-order valence-electron chi connectivity index (χ4n) is 2.79. The van der Waals surface area contributed by atoms with Crippen LogP contribution >= 0.6 is 0 Å². The molecule has 0 fully saturated rings. The number of nitrogens with zero attached hydrogens (tertiary/aromatic N) is 3. The molecule has 0 aliphatic carbocycles. The van der Waals surface area contributed by atoms with Crippen LogP contribution in [-0.4, -0.2) is 25.8 Å². The Labute approximate surface area is 161 Å². The van der Waals surface area contributed by atoms with Crippen molar-refractivity contribution in [1.82, 2.24) is 14.8 Å². The Balaban J connectivity index is 1.61. The molecule has 4 rings (SSSR count). The highest BCUT2D eigenvalue weighted by Crippen LogP contribution is 2.24. The van der Waals surface area contributed by atoms with Gasteiger partial charge in [0.15, 0.2) is 5.69 Å². The molecule has 0 bridgehead atoms. The molecule has 2 heterocycles. The number of benzene rings is 2. The van der Waals surface area contributed by atoms with Crippen LogP contribution < -0.4 is 4.74 Å². The smallest absolute Gasteiger partial charge is 0.356 e. The van der Waals surface area contributed by atoms with Gasteiger partial charge in [0.25, 0.3) is 0 Å². The van der Waals surface area contributed by atoms with E-state index in [0.717, 1.165) is 11.3 Å². The SMILES string of the molecule is O=C(O)c1cc(-c2ccc(OCc3ccccc3)cn2)n(-c2ccccc2)n1. The summed E-state index contributed by atoms with van der Waals surface area (Å²) in [4.78, 5) is 15.8. The first-order chi connectivity index (χ1) is 13.7. The number of para-hydroxylation sites is 1. The Morgan fingerprint density at radius 1 is 0.964 bits per heavy atom. The number of rotatable bonds is 6. The molecule has 0 radical (unpaired) electrons. The van der Waals surface area contributed by atoms with Gasteiger partial charge >= 0.3 is 5.97 Å². The topological polar surface area (TPSA) is 77.2 Å². The molecule has 0 saturated carbocycles. The molecule has 138 valence electrons. The van der Waals surface area contributed by atoms with Gasteiger partial charge in [-0.25, -0.2) is 9.48 Å². The van der Waals surface area contributed by atoms with Gasteiger partial charge in [-0.2, -0.15) is 5.10 Å². The second-order valence-corrected chi connectivity index (χ2v) is 6.12. The Kier molecular flexibility index (Phi) is 4.84. The van der Waals surface area contributed by atoms with E-state index in [1.165, 1.54) is 6.07 Å². The third-order valence-corrected chi connectivity index (χ3v) is 4.18. The summed E-state index contributed by atoms with van der Waals surface area (Å²) >= 11 is 0. The van der Waals surface area contributed by atoms with Gasteiger partial charge in [0.1, 0.15) is 12.4 Å². The lowest BCUT2D eigenvalue weighted by atomic mass is 10.2. The lowest BCUT2D eigenvalue weighted by Gasteiger charge is -2.09. The molecule has 0 spiro atoms. The first kappa shape index (κ1) is 17.5. The highest BCUT2D eigenvalue weighted by atomic mass is 16.5. The van der Waals surface area contributed by atoms with Gasteiger partial charge in [0.2, 0.25) is 0 Å². The van der Waals surface area contributed by atoms with E-state index in [1.807, 2.05) is 66.7 Å². The molecule has 0 aliphatic rings. The Morgan fingerprint density at radius 2 is 1.68 bits per heavy atom. The summed E-state index contributed by atoms with van der Waals surface area (Å²) in [5.74, 6) is -0.449. The minimum Gasteiger partial charge on any atom is -0.487 e. The van der Waals surface area contributed by atoms with Crippen molar-refractivity contribution in [2.45, 2.75) is 6.61 Å². The van der Waals surface area contributed by atoms with Gasteiger partial charge in [-0.1, -0.05) is 48.5 Å². The van der Waals surface area contributed by atoms with Gasteiger partial charge in [0, 0.05) is 6.07 Å². The van der Waals surface area contributed by atoms with E-state index in [2.05, 4.69) is 10.1 Å². The standard InChI is InChI=1S/C22H17N3O3/c26-22(27)20-13-21(25(24-20)17-9-5-2-6-10-17)19-12-11-18(14-23-19)28-15-16-7-3-1-4-8-16/h1-14H,15H2,(H,26,27). The molecule has 6 heteroatoms. The number of aromatic nitrogens is 3. The summed E-state index contributed by atoms with van der Waals surface area (Å²) < 4.78 is 7.34. The number of carboxylic acid groups (broad SMARTS) is 1. The number of hydrogen-bond acceptors (Lipinski definition) is 4. The summed E-state index contributed by atoms with van der Waals surface area (Å²) in [6.45, 7) is 0.451. The molecule has 28 heavy (non-hydrogen) atoms. The molecule has 0 atom stereocenters. The highest BCUT2D eigenvalue weighted by Gasteiger charge is 2.16. The Hall–Kier alpha value is -3.93. The quantitative estimate of drug-likeness (QED) is 0.549. The van der Waals surface area contributed by atoms with Crippen molar-refractivity contribution in [1.29, 1.82) is 0 Å². The maximum atomic E-state index is 11.4. The van der Waals surface area contributed by atoms with Crippen molar-refractivity contribution in [2.75, 3.05) is 0 Å². The zero-order valence-corrected chi connectivity index (χ0v) is 14.9. The number of carboxylic acids is 1. The van der Waals surface area contributed by atoms with Crippen LogP contribution in [0.2, 0.25) is 0 Å². The fourth-order valence-corrected chi connectivity index (χ4v) is 2.79. The van der Waals surface area contributed by atoms with Crippen molar-refractivity contribution in [3.8, 4) is 22.8 Å². The Bertz CT molecular complexity index is 1080. The average molecular weight is 371 g/mol. The monoisotopic (exact) mass is 371 g/mol. The van der Waals surface area contributed by atoms with E-state index >= 15 is 0 Å². The van der Waals surface area contributed by atoms with E-state index in [0.29, 0.717) is 23.7 Å². The van der Waals surface area contributed by atoms with Crippen molar-refractivity contribution in [2.24, 2.45) is 0 Å². The van der Waals surface area contributed by atoms with E-state index in [9.17, 15) is 9.90 Å². The van der Waals surface area contributed by atoms with E-state index in [4.69, 9.17) is 4.74 Å². The summed E-state index contributed by atoms with van der Waals surface area (Å²) in [6.07, 6.45) is 1.63. The van der Waals surface area contributed by atoms with Gasteiger partial charge in [-0.15, -0.1) is 0 Å². The van der Waals surface area contributed by atoms with Crippen LogP contribution in [-0.2, 0) is 6.61 Å². The first-order valence-electron chi connectivity index (χ1n) is 8.72. The maximum Gasteiger partial charge on any atom is 0.356 e. The van der Waals surface area contributed by atoms with Crippen molar-refractivity contribution in [3.05, 3.63) is 96.3 Å². The van der Waals surface area contributed by atoms with Crippen LogP contribution in [0.4, 0.5) is 0 Å². The van der Waals surface area contributed by atoms with Crippen LogP contribution in [0.25, 0.3) is 17.1 Å². The normalized spacial score (nSPS) is 10.6. The maximum absolute atomic E-state index is 11.4. The molecule has 0 aliphatic heterocycles. The number of pyridine rings is 1. The molecule has 6 nitrogen and oxygen atoms in total. The second-order valence-electron chi connectivity index (χ2n) is 6.12. The Morgan fingerprint density at radius 3 is 2.32 bits per heavy atom. The number of aromatic carboxylic acids is 1. The van der Waals surface area contributed by atoms with Crippen molar-refractivity contribution < 1.29 is 14.6 Å². The number of hydrogen-bond donors (Lipinski definition) is 1. The van der Waals surface area contributed by atoms with Crippen LogP contribution in [0.15, 0.2) is 85.1 Å². The van der Waals surface area contributed by atoms with Crippen LogP contribution in [0.3, 0.4) is 0 Å². The van der Waals surface area contributed by atoms with Crippen molar-refractivity contribution >= 4 is 5.97 Å². The molecule has 0 saturated heterocycles. The van der Waals surface area contributed by atoms with Gasteiger partial charge in [0.05, 0.1) is 23.3 Å². The third kappa shape index (κ3) is 3.76. The predicted octanol–water partition coefficient (Wildman–Crippen LogP) is 4.21. The second kappa shape index (κ2) is 7.75. The predicted molar refractivity (Wildman–Crippen MR) is 105 cm³/mol. The molecule has 4 aromatic rings. The van der Waals surface area contributed by atoms with E-state index in [-0.39, 0.29) is 5.69 Å². The summed E-state index contributed by atoms with van der Waals surface area (Å²) in [7, 11) is 0. The largest absolute Gasteiger partial charge is 0.487 e. The van der Waals surface area contributed by atoms with Gasteiger partial charge in [-0.3, -0.25) is 4.98 Å². The summed E-state index contributed by atoms with van der Waals surface area (Å²) in [5.41, 5.74) is 3.00. The lowest BCUT2D eigenvalue weighted by molar-refractivity contribution is 0.0690. The average Bonchev–Trinajstić information content (AvgIpc) is 3.20. The van der Waals surface area contributed by atoms with Crippen molar-refractivity contribution in [3.63, 3.8) is 0 Å². The minimum atomic E-state index is -1.08. The summed E-state index contributed by atoms with van der Waals surface area (Å²) in [6, 6.07) is 24.3. The number of ether oxygens (including phenoxy) is 1. The molecule has 0 amide bonds. The minimum absolute atomic E-state index is 0.0370. The van der Waals surface area contributed by atoms with Gasteiger partial charge in [-0.05, 0) is 29.8 Å². The van der Waals surface area contributed by atoms with E-state index in [1.54, 1.807) is 16.9 Å². The molecule has 2 aromatic carbocycles. The fraction of sp³-hybridized carbons (Fsp3) is 0.0455. The molecule has 1 N–H and O–H groups in total. The number of carbonyl (C=O) groups is 1. The van der Waals surface area contributed by atoms with Crippen LogP contribution in [0.5, 0.6) is 5.75 Å². The molecular weight excluding hydrogens is 354 g/mol. The molecular formula is C22H17N3O3. The summed E-state index contributed by atoms with van der Waals surface area (Å²) in [5, 5.41) is 13.5. The lowest BCUT2D eigenvalue weighted by Crippen LogP contribution is -2.02. The van der Waals surface area contributed by atoms with Crippen LogP contribution in [0, 0.1) is 0 Å². The van der Waals surface area contributed by atoms with Crippen LogP contribution in [0.1, 0.15) is 16.1 Å². The zero-order chi connectivity index (χ0) is 19.3. The first-order valence-corrected chi connectivity index (χ1v) is 8.72.